The Labute approximate surface area is 392 Å². The number of quaternary nitrogens is 1. The van der Waals surface area contributed by atoms with E-state index in [2.05, 4.69) is 111 Å². The fourth-order valence-electron chi connectivity index (χ4n) is 6.88. The molecule has 364 valence electrons. The van der Waals surface area contributed by atoms with E-state index in [9.17, 15) is 19.5 Å². The van der Waals surface area contributed by atoms with Crippen LogP contribution in [0.3, 0.4) is 0 Å². The second-order valence-electron chi connectivity index (χ2n) is 17.7. The van der Waals surface area contributed by atoms with Crippen LogP contribution >= 0.6 is 0 Å². The zero-order valence-electron chi connectivity index (χ0n) is 41.4. The predicted molar refractivity (Wildman–Crippen MR) is 270 cm³/mol. The monoisotopic (exact) mass is 893 g/mol. The number of carbonyl (C=O) groups is 3. The fourth-order valence-corrected chi connectivity index (χ4v) is 6.88. The molecule has 0 aliphatic carbocycles. The smallest absolute Gasteiger partial charge is 0.362 e. The number of hydrogen-bond acceptors (Lipinski definition) is 6. The third-order valence-corrected chi connectivity index (χ3v) is 10.8. The molecule has 0 aromatic heterocycles. The molecule has 0 heterocycles. The van der Waals surface area contributed by atoms with Crippen molar-refractivity contribution in [1.82, 2.24) is 0 Å². The van der Waals surface area contributed by atoms with Crippen LogP contribution in [0.5, 0.6) is 0 Å². The first kappa shape index (κ1) is 60.2. The van der Waals surface area contributed by atoms with E-state index in [1.54, 1.807) is 0 Å². The van der Waals surface area contributed by atoms with Crippen LogP contribution in [0, 0.1) is 0 Å². The van der Waals surface area contributed by atoms with Gasteiger partial charge >= 0.3 is 17.9 Å². The molecule has 8 nitrogen and oxygen atoms in total. The van der Waals surface area contributed by atoms with Crippen molar-refractivity contribution in [3.8, 4) is 0 Å². The van der Waals surface area contributed by atoms with Gasteiger partial charge in [0.25, 0.3) is 0 Å². The number of ether oxygens (including phenoxy) is 3. The molecule has 2 unspecified atom stereocenters. The lowest BCUT2D eigenvalue weighted by molar-refractivity contribution is -0.887. The highest BCUT2D eigenvalue weighted by molar-refractivity contribution is 5.72. The molecule has 0 radical (unpaired) electrons. The van der Waals surface area contributed by atoms with Gasteiger partial charge in [0.1, 0.15) is 6.61 Å². The zero-order chi connectivity index (χ0) is 47.0. The zero-order valence-corrected chi connectivity index (χ0v) is 41.4. The maximum atomic E-state index is 12.8. The van der Waals surface area contributed by atoms with Gasteiger partial charge in [0.05, 0.1) is 34.4 Å². The summed E-state index contributed by atoms with van der Waals surface area (Å²) in [5.74, 6) is -1.52. The highest BCUT2D eigenvalue weighted by Crippen LogP contribution is 2.13. The van der Waals surface area contributed by atoms with Gasteiger partial charge in [-0.25, -0.2) is 4.79 Å². The first-order chi connectivity index (χ1) is 31.1. The van der Waals surface area contributed by atoms with Gasteiger partial charge in [-0.15, -0.1) is 0 Å². The van der Waals surface area contributed by atoms with Crippen molar-refractivity contribution in [2.45, 2.75) is 199 Å². The van der Waals surface area contributed by atoms with Crippen molar-refractivity contribution in [3.63, 3.8) is 0 Å². The molecular weight excluding hydrogens is 799 g/mol. The van der Waals surface area contributed by atoms with Crippen LogP contribution in [0.4, 0.5) is 0 Å². The molecule has 0 aliphatic rings. The summed E-state index contributed by atoms with van der Waals surface area (Å²) in [7, 11) is 5.51. The van der Waals surface area contributed by atoms with Gasteiger partial charge in [0.2, 0.25) is 0 Å². The van der Waals surface area contributed by atoms with Gasteiger partial charge < -0.3 is 23.8 Å². The number of likely N-dealkylation sites (N-methyl/N-ethyl adjacent to an activating group) is 1. The number of carboxylic acid groups (broad SMARTS) is 1. The summed E-state index contributed by atoms with van der Waals surface area (Å²) in [5.41, 5.74) is 0. The quantitative estimate of drug-likeness (QED) is 0.0214. The Kier molecular flexibility index (Phi) is 43.1. The van der Waals surface area contributed by atoms with E-state index in [0.29, 0.717) is 19.3 Å². The summed E-state index contributed by atoms with van der Waals surface area (Å²) in [6.07, 6.45) is 61.6. The maximum Gasteiger partial charge on any atom is 0.362 e. The van der Waals surface area contributed by atoms with E-state index in [0.717, 1.165) is 109 Å². The third kappa shape index (κ3) is 43.5. The van der Waals surface area contributed by atoms with E-state index in [1.807, 2.05) is 21.1 Å². The number of esters is 2. The fraction of sp³-hybridized carbons (Fsp3) is 0.661. The Balaban J connectivity index is 4.35. The Bertz CT molecular complexity index is 1360. The third-order valence-electron chi connectivity index (χ3n) is 10.8. The summed E-state index contributed by atoms with van der Waals surface area (Å²) in [5, 5.41) is 9.65. The van der Waals surface area contributed by atoms with E-state index < -0.39 is 18.1 Å². The average Bonchev–Trinajstić information content (AvgIpc) is 3.26. The largest absolute Gasteiger partial charge is 0.477 e. The maximum absolute atomic E-state index is 12.8. The van der Waals surface area contributed by atoms with Crippen molar-refractivity contribution in [3.05, 3.63) is 97.2 Å². The summed E-state index contributed by atoms with van der Waals surface area (Å²) < 4.78 is 17.3. The standard InChI is InChI=1S/C56H93NO7/c1-6-8-10-12-14-16-18-20-22-24-26-27-28-29-31-32-34-36-38-40-42-44-46-54(58)63-51-52(50-62-49-48-53(56(60)61)57(3,4)5)64-55(59)47-45-43-41-39-37-35-33-30-25-23-21-19-17-15-13-11-9-7-2/h8,10,14,16,19-23,25-27,29-31,33,52-53H,6-7,9,11-13,15,17-18,24,28,32,34-51H2,1-5H3/p+1/b10-8+,16-14+,21-19+,22-20+,25-23+,27-26+,31-29+,33-30+. The van der Waals surface area contributed by atoms with Crippen LogP contribution in [0.2, 0.25) is 0 Å². The van der Waals surface area contributed by atoms with Gasteiger partial charge in [-0.3, -0.25) is 9.59 Å². The molecule has 0 fully saturated rings. The van der Waals surface area contributed by atoms with Crippen LogP contribution in [-0.2, 0) is 28.6 Å². The molecule has 0 aliphatic heterocycles. The van der Waals surface area contributed by atoms with Crippen molar-refractivity contribution in [2.75, 3.05) is 41.0 Å². The number of allylic oxidation sites excluding steroid dienone is 16. The molecule has 0 amide bonds. The summed E-state index contributed by atoms with van der Waals surface area (Å²) in [4.78, 5) is 37.2. The summed E-state index contributed by atoms with van der Waals surface area (Å²) in [6, 6.07) is -0.627. The van der Waals surface area contributed by atoms with Crippen LogP contribution in [-0.4, -0.2) is 80.6 Å². The number of nitrogens with zero attached hydrogens (tertiary/aromatic N) is 1. The molecule has 0 rings (SSSR count). The van der Waals surface area contributed by atoms with E-state index in [-0.39, 0.29) is 36.2 Å². The minimum absolute atomic E-state index is 0.0419. The Morgan fingerprint density at radius 3 is 1.42 bits per heavy atom. The summed E-state index contributed by atoms with van der Waals surface area (Å²) in [6.45, 7) is 4.56. The van der Waals surface area contributed by atoms with Crippen LogP contribution in [0.25, 0.3) is 0 Å². The van der Waals surface area contributed by atoms with Crippen LogP contribution < -0.4 is 0 Å². The van der Waals surface area contributed by atoms with E-state index in [1.165, 1.54) is 44.9 Å². The Hall–Kier alpha value is -3.75. The molecule has 0 saturated heterocycles. The van der Waals surface area contributed by atoms with Crippen molar-refractivity contribution in [1.29, 1.82) is 0 Å². The lowest BCUT2D eigenvalue weighted by atomic mass is 10.1. The van der Waals surface area contributed by atoms with E-state index in [4.69, 9.17) is 14.2 Å². The molecule has 2 atom stereocenters. The van der Waals surface area contributed by atoms with E-state index >= 15 is 0 Å². The molecule has 8 heteroatoms. The average molecular weight is 893 g/mol. The second-order valence-corrected chi connectivity index (χ2v) is 17.7. The SMILES string of the molecule is CC/C=C/C/C=C/C/C=C/C/C=C/C/C=C/CCCCCCCCC(=O)OCC(COCCC(C(=O)O)[N+](C)(C)C)OC(=O)CCCCCCC/C=C/C=C/C=C/CCCCCCC. The number of carbonyl (C=O) groups excluding carboxylic acids is 2. The van der Waals surface area contributed by atoms with Crippen LogP contribution in [0.15, 0.2) is 97.2 Å². The molecule has 0 bridgehead atoms. The Morgan fingerprint density at radius 1 is 0.500 bits per heavy atom. The lowest BCUT2D eigenvalue weighted by Gasteiger charge is -2.31. The van der Waals surface area contributed by atoms with Crippen molar-refractivity contribution < 1.29 is 38.2 Å². The van der Waals surface area contributed by atoms with Crippen LogP contribution in [0.1, 0.15) is 187 Å². The molecular formula is C56H94NO7+. The lowest BCUT2D eigenvalue weighted by Crippen LogP contribution is -2.50. The van der Waals surface area contributed by atoms with Gasteiger partial charge in [0, 0.05) is 19.3 Å². The number of rotatable bonds is 44. The highest BCUT2D eigenvalue weighted by atomic mass is 16.6. The molecule has 0 aromatic rings. The van der Waals surface area contributed by atoms with Crippen molar-refractivity contribution in [2.24, 2.45) is 0 Å². The predicted octanol–water partition coefficient (Wildman–Crippen LogP) is 14.6. The first-order valence-corrected chi connectivity index (χ1v) is 25.3. The normalized spacial score (nSPS) is 13.7. The molecule has 0 saturated carbocycles. The molecule has 64 heavy (non-hydrogen) atoms. The van der Waals surface area contributed by atoms with Gasteiger partial charge in [0.15, 0.2) is 12.1 Å². The second kappa shape index (κ2) is 45.8. The first-order valence-electron chi connectivity index (χ1n) is 25.3. The Morgan fingerprint density at radius 2 is 0.938 bits per heavy atom. The molecule has 0 spiro atoms. The number of unbranched alkanes of at least 4 members (excludes halogenated alkanes) is 16. The number of hydrogen-bond donors (Lipinski definition) is 1. The number of carboxylic acids is 1. The minimum Gasteiger partial charge on any atom is -0.477 e. The molecule has 0 aromatic carbocycles. The van der Waals surface area contributed by atoms with Gasteiger partial charge in [-0.05, 0) is 83.5 Å². The highest BCUT2D eigenvalue weighted by Gasteiger charge is 2.31. The molecule has 1 N–H and O–H groups in total. The van der Waals surface area contributed by atoms with Gasteiger partial charge in [-0.1, -0.05) is 182 Å². The number of aliphatic carboxylic acids is 1. The van der Waals surface area contributed by atoms with Crippen molar-refractivity contribution >= 4 is 17.9 Å². The van der Waals surface area contributed by atoms with Gasteiger partial charge in [-0.2, -0.15) is 0 Å². The minimum atomic E-state index is -0.884. The summed E-state index contributed by atoms with van der Waals surface area (Å²) >= 11 is 0. The topological polar surface area (TPSA) is 99.1 Å².